The fraction of sp³-hybridized carbons (Fsp3) is 0.920. The van der Waals surface area contributed by atoms with Crippen LogP contribution in [0.4, 0.5) is 0 Å². The third kappa shape index (κ3) is 18.7. The molecule has 0 aromatic rings. The van der Waals surface area contributed by atoms with Gasteiger partial charge in [0.05, 0.1) is 13.3 Å². The van der Waals surface area contributed by atoms with Gasteiger partial charge in [0.25, 0.3) is 0 Å². The average Bonchev–Trinajstić information content (AvgIpc) is 3.20. The summed E-state index contributed by atoms with van der Waals surface area (Å²) in [6, 6.07) is 0. The van der Waals surface area contributed by atoms with E-state index in [1.165, 1.54) is 103 Å². The standard InChI is InChI=1S/C25H50N2O3S/c1-2-3-4-5-6-7-8-9-10-11-12-13-14-15-16-17-20-26-22-23-27(25-26)21-18-19-24-30-31(28)29/h22-23H,2-21,24-25H2,1H3,(H,28,29). The van der Waals surface area contributed by atoms with Gasteiger partial charge in [-0.1, -0.05) is 103 Å². The van der Waals surface area contributed by atoms with Crippen molar-refractivity contribution in [2.45, 2.75) is 122 Å². The van der Waals surface area contributed by atoms with Gasteiger partial charge < -0.3 is 9.80 Å². The molecule has 0 aromatic heterocycles. The zero-order valence-corrected chi connectivity index (χ0v) is 21.1. The largest absolute Gasteiger partial charge is 0.359 e. The van der Waals surface area contributed by atoms with E-state index < -0.39 is 11.4 Å². The molecule has 0 bridgehead atoms. The number of hydrogen-bond acceptors (Lipinski definition) is 4. The predicted molar refractivity (Wildman–Crippen MR) is 133 cm³/mol. The van der Waals surface area contributed by atoms with E-state index in [-0.39, 0.29) is 0 Å². The summed E-state index contributed by atoms with van der Waals surface area (Å²) in [5.74, 6) is 0. The molecule has 0 saturated carbocycles. The van der Waals surface area contributed by atoms with E-state index in [1.807, 2.05) is 0 Å². The second-order valence-electron chi connectivity index (χ2n) is 9.11. The lowest BCUT2D eigenvalue weighted by Gasteiger charge is -2.21. The Morgan fingerprint density at radius 1 is 0.677 bits per heavy atom. The van der Waals surface area contributed by atoms with Gasteiger partial charge in [-0.05, 0) is 19.3 Å². The number of unbranched alkanes of at least 4 members (excludes halogenated alkanes) is 16. The maximum absolute atomic E-state index is 10.4. The molecule has 0 radical (unpaired) electrons. The molecular weight excluding hydrogens is 408 g/mol. The van der Waals surface area contributed by atoms with Gasteiger partial charge in [-0.15, -0.1) is 0 Å². The van der Waals surface area contributed by atoms with Gasteiger partial charge in [0.1, 0.15) is 0 Å². The van der Waals surface area contributed by atoms with Gasteiger partial charge in [-0.2, -0.15) is 4.21 Å². The Bertz CT molecular complexity index is 448. The van der Waals surface area contributed by atoms with Crippen molar-refractivity contribution in [3.05, 3.63) is 12.4 Å². The minimum Gasteiger partial charge on any atom is -0.359 e. The van der Waals surface area contributed by atoms with Gasteiger partial charge in [0, 0.05) is 25.5 Å². The van der Waals surface area contributed by atoms with Gasteiger partial charge in [-0.25, -0.2) is 0 Å². The Labute approximate surface area is 195 Å². The molecule has 0 fully saturated rings. The van der Waals surface area contributed by atoms with Crippen LogP contribution in [0.15, 0.2) is 12.4 Å². The normalized spacial score (nSPS) is 14.6. The van der Waals surface area contributed by atoms with Gasteiger partial charge in [0.2, 0.25) is 0 Å². The van der Waals surface area contributed by atoms with Gasteiger partial charge in [0.15, 0.2) is 0 Å². The van der Waals surface area contributed by atoms with Crippen molar-refractivity contribution in [1.82, 2.24) is 9.80 Å². The molecule has 1 atom stereocenters. The second kappa shape index (κ2) is 21.3. The molecule has 1 unspecified atom stereocenters. The van der Waals surface area contributed by atoms with Crippen LogP contribution >= 0.6 is 0 Å². The van der Waals surface area contributed by atoms with E-state index in [1.54, 1.807) is 0 Å². The van der Waals surface area contributed by atoms with Crippen LogP contribution in [0.1, 0.15) is 122 Å². The first kappa shape index (κ1) is 28.4. The minimum atomic E-state index is -2.12. The van der Waals surface area contributed by atoms with Crippen molar-refractivity contribution in [3.63, 3.8) is 0 Å². The summed E-state index contributed by atoms with van der Waals surface area (Å²) < 4.78 is 23.6. The second-order valence-corrected chi connectivity index (χ2v) is 9.78. The SMILES string of the molecule is CCCCCCCCCCCCCCCCCCN1C=CN(CCCCOS(=O)O)C1. The van der Waals surface area contributed by atoms with E-state index in [0.29, 0.717) is 6.61 Å². The van der Waals surface area contributed by atoms with Crippen LogP contribution in [0.5, 0.6) is 0 Å². The van der Waals surface area contributed by atoms with Crippen molar-refractivity contribution in [2.24, 2.45) is 0 Å². The molecular formula is C25H50N2O3S. The number of rotatable bonds is 23. The van der Waals surface area contributed by atoms with Gasteiger partial charge in [-0.3, -0.25) is 8.74 Å². The molecule has 0 aromatic carbocycles. The molecule has 1 heterocycles. The molecule has 6 heteroatoms. The molecule has 184 valence electrons. The third-order valence-electron chi connectivity index (χ3n) is 6.17. The Kier molecular flexibility index (Phi) is 19.5. The van der Waals surface area contributed by atoms with Crippen molar-refractivity contribution < 1.29 is 12.9 Å². The summed E-state index contributed by atoms with van der Waals surface area (Å²) in [5, 5.41) is 0. The van der Waals surface area contributed by atoms with Crippen molar-refractivity contribution in [2.75, 3.05) is 26.4 Å². The predicted octanol–water partition coefficient (Wildman–Crippen LogP) is 7.23. The van der Waals surface area contributed by atoms with Gasteiger partial charge >= 0.3 is 11.4 Å². The van der Waals surface area contributed by atoms with Crippen LogP contribution in [0.3, 0.4) is 0 Å². The highest BCUT2D eigenvalue weighted by atomic mass is 32.2. The molecule has 0 saturated heterocycles. The summed E-state index contributed by atoms with van der Waals surface area (Å²) in [6.07, 6.45) is 28.8. The molecule has 0 spiro atoms. The zero-order chi connectivity index (χ0) is 22.4. The topological polar surface area (TPSA) is 53.0 Å². The molecule has 1 N–H and O–H groups in total. The maximum atomic E-state index is 10.4. The van der Waals surface area contributed by atoms with Crippen molar-refractivity contribution in [1.29, 1.82) is 0 Å². The zero-order valence-electron chi connectivity index (χ0n) is 20.3. The third-order valence-corrected chi connectivity index (χ3v) is 6.54. The van der Waals surface area contributed by atoms with Crippen LogP contribution in [0, 0.1) is 0 Å². The van der Waals surface area contributed by atoms with E-state index in [0.717, 1.165) is 32.6 Å². The number of nitrogens with zero attached hydrogens (tertiary/aromatic N) is 2. The van der Waals surface area contributed by atoms with E-state index >= 15 is 0 Å². The number of hydrogen-bond donors (Lipinski definition) is 1. The van der Waals surface area contributed by atoms with Crippen LogP contribution < -0.4 is 0 Å². The van der Waals surface area contributed by atoms with Crippen molar-refractivity contribution in [3.8, 4) is 0 Å². The Hall–Kier alpha value is -0.590. The van der Waals surface area contributed by atoms with E-state index in [2.05, 4.69) is 33.3 Å². The molecule has 31 heavy (non-hydrogen) atoms. The fourth-order valence-corrected chi connectivity index (χ4v) is 4.48. The quantitative estimate of drug-likeness (QED) is 0.129. The minimum absolute atomic E-state index is 0.351. The summed E-state index contributed by atoms with van der Waals surface area (Å²) in [7, 11) is 0. The lowest BCUT2D eigenvalue weighted by molar-refractivity contribution is 0.246. The van der Waals surface area contributed by atoms with Crippen LogP contribution in [-0.2, 0) is 15.5 Å². The Morgan fingerprint density at radius 2 is 1.06 bits per heavy atom. The molecule has 0 amide bonds. The highest BCUT2D eigenvalue weighted by Gasteiger charge is 2.11. The van der Waals surface area contributed by atoms with E-state index in [4.69, 9.17) is 4.55 Å². The first-order chi connectivity index (χ1) is 15.2. The van der Waals surface area contributed by atoms with Crippen molar-refractivity contribution >= 4 is 11.4 Å². The summed E-state index contributed by atoms with van der Waals surface area (Å²) in [4.78, 5) is 4.70. The molecule has 1 aliphatic rings. The molecule has 0 aliphatic carbocycles. The smallest absolute Gasteiger partial charge is 0.301 e. The first-order valence-corrected chi connectivity index (χ1v) is 14.2. The highest BCUT2D eigenvalue weighted by molar-refractivity contribution is 7.74. The lowest BCUT2D eigenvalue weighted by atomic mass is 10.0. The first-order valence-electron chi connectivity index (χ1n) is 13.1. The molecule has 5 nitrogen and oxygen atoms in total. The monoisotopic (exact) mass is 458 g/mol. The summed E-state index contributed by atoms with van der Waals surface area (Å²) >= 11 is -2.12. The summed E-state index contributed by atoms with van der Waals surface area (Å²) in [6.45, 7) is 5.75. The van der Waals surface area contributed by atoms with Crippen LogP contribution in [0.25, 0.3) is 0 Å². The van der Waals surface area contributed by atoms with E-state index in [9.17, 15) is 4.21 Å². The van der Waals surface area contributed by atoms with Crippen LogP contribution in [0.2, 0.25) is 0 Å². The van der Waals surface area contributed by atoms with Crippen LogP contribution in [-0.4, -0.2) is 44.9 Å². The Balaban J connectivity index is 1.76. The lowest BCUT2D eigenvalue weighted by Crippen LogP contribution is -2.26. The molecule has 1 aliphatic heterocycles. The maximum Gasteiger partial charge on any atom is 0.301 e. The fourth-order valence-electron chi connectivity index (χ4n) is 4.22. The Morgan fingerprint density at radius 3 is 1.48 bits per heavy atom. The molecule has 1 rings (SSSR count). The summed E-state index contributed by atoms with van der Waals surface area (Å²) in [5.41, 5.74) is 0. The average molecular weight is 459 g/mol. The highest BCUT2D eigenvalue weighted by Crippen LogP contribution is 2.14.